The molecule has 1 aromatic heterocycles. The van der Waals surface area contributed by atoms with Gasteiger partial charge in [-0.05, 0) is 54.0 Å². The van der Waals surface area contributed by atoms with Crippen molar-refractivity contribution in [2.24, 2.45) is 12.8 Å². The van der Waals surface area contributed by atoms with Crippen LogP contribution >= 0.6 is 12.2 Å². The van der Waals surface area contributed by atoms with Gasteiger partial charge in [-0.15, -0.1) is 0 Å². The fourth-order valence-electron chi connectivity index (χ4n) is 2.97. The van der Waals surface area contributed by atoms with Crippen LogP contribution in [0.1, 0.15) is 17.5 Å². The first-order valence-corrected chi connectivity index (χ1v) is 9.21. The number of carbonyl (C=O) groups excluding carboxylic acids is 1. The molecule has 0 aliphatic carbocycles. The van der Waals surface area contributed by atoms with Crippen molar-refractivity contribution < 1.29 is 9.53 Å². The lowest BCUT2D eigenvalue weighted by Crippen LogP contribution is -2.10. The first-order valence-electron chi connectivity index (χ1n) is 8.80. The lowest BCUT2D eigenvalue weighted by molar-refractivity contribution is -0.140. The van der Waals surface area contributed by atoms with Crippen molar-refractivity contribution in [3.63, 3.8) is 0 Å². The summed E-state index contributed by atoms with van der Waals surface area (Å²) >= 11 is 5.60. The zero-order valence-corrected chi connectivity index (χ0v) is 16.6. The maximum Gasteiger partial charge on any atom is 0.305 e. The van der Waals surface area contributed by atoms with Gasteiger partial charge in [0.1, 0.15) is 5.84 Å². The number of hydrogen-bond acceptors (Lipinski definition) is 4. The van der Waals surface area contributed by atoms with Crippen molar-refractivity contribution in [2.75, 3.05) is 7.11 Å². The summed E-state index contributed by atoms with van der Waals surface area (Å²) in [6.45, 7) is 0. The number of hydrogen-bond donors (Lipinski definition) is 2. The summed E-state index contributed by atoms with van der Waals surface area (Å²) in [6.07, 6.45) is 3.01. The first-order chi connectivity index (χ1) is 13.4. The predicted octanol–water partition coefficient (Wildman–Crippen LogP) is 3.60. The highest BCUT2D eigenvalue weighted by Gasteiger charge is 2.10. The van der Waals surface area contributed by atoms with Gasteiger partial charge in [0.15, 0.2) is 4.77 Å². The lowest BCUT2D eigenvalue weighted by atomic mass is 10.1. The largest absolute Gasteiger partial charge is 0.469 e. The van der Waals surface area contributed by atoms with Gasteiger partial charge < -0.3 is 15.0 Å². The molecule has 3 rings (SSSR count). The van der Waals surface area contributed by atoms with Crippen molar-refractivity contribution in [3.8, 4) is 16.9 Å². The molecule has 2 aromatic carbocycles. The van der Waals surface area contributed by atoms with Crippen molar-refractivity contribution in [1.82, 2.24) is 9.13 Å². The van der Waals surface area contributed by atoms with E-state index in [0.717, 1.165) is 22.5 Å². The number of amidine groups is 1. The highest BCUT2D eigenvalue weighted by molar-refractivity contribution is 7.71. The molecule has 0 amide bonds. The van der Waals surface area contributed by atoms with Gasteiger partial charge in [0.2, 0.25) is 0 Å². The van der Waals surface area contributed by atoms with Gasteiger partial charge >= 0.3 is 5.97 Å². The zero-order chi connectivity index (χ0) is 20.3. The zero-order valence-electron chi connectivity index (χ0n) is 15.8. The summed E-state index contributed by atoms with van der Waals surface area (Å²) in [5.74, 6) is -0.171. The number of methoxy groups -OCH3 is 1. The number of nitrogens with zero attached hydrogens (tertiary/aromatic N) is 2. The van der Waals surface area contributed by atoms with Crippen LogP contribution in [0.3, 0.4) is 0 Å². The average Bonchev–Trinajstić information content (AvgIpc) is 3.01. The molecule has 0 bridgehead atoms. The molecule has 0 saturated carbocycles. The van der Waals surface area contributed by atoms with Crippen LogP contribution in [0, 0.1) is 10.2 Å². The van der Waals surface area contributed by atoms with Crippen molar-refractivity contribution >= 4 is 24.0 Å². The van der Waals surface area contributed by atoms with Crippen LogP contribution in [0.5, 0.6) is 0 Å². The topological polar surface area (TPSA) is 86.0 Å². The maximum atomic E-state index is 11.3. The van der Waals surface area contributed by atoms with Gasteiger partial charge in [-0.1, -0.05) is 24.3 Å². The van der Waals surface area contributed by atoms with E-state index in [4.69, 9.17) is 23.4 Å². The molecular weight excluding hydrogens is 372 g/mol. The fourth-order valence-corrected chi connectivity index (χ4v) is 3.23. The molecule has 0 aliphatic rings. The minimum absolute atomic E-state index is 0.0381. The molecule has 28 heavy (non-hydrogen) atoms. The molecule has 6 nitrogen and oxygen atoms in total. The van der Waals surface area contributed by atoms with E-state index in [9.17, 15) is 4.79 Å². The van der Waals surface area contributed by atoms with Crippen molar-refractivity contribution in [1.29, 1.82) is 5.41 Å². The molecule has 1 heterocycles. The van der Waals surface area contributed by atoms with E-state index in [-0.39, 0.29) is 11.8 Å². The fraction of sp³-hybridized carbons (Fsp3) is 0.190. The standard InChI is InChI=1S/C21H22N4O2S/c1-24-18(15-6-3-14(4-7-15)5-12-19(26)27-2)13-25(21(24)28)17-10-8-16(9-11-17)20(22)23/h3-4,6-11,13H,5,12H2,1-2H3,(H3,22,23). The molecular formula is C21H22N4O2S. The Morgan fingerprint density at radius 2 is 1.79 bits per heavy atom. The Morgan fingerprint density at radius 3 is 2.36 bits per heavy atom. The number of esters is 1. The number of aromatic nitrogens is 2. The van der Waals surface area contributed by atoms with Gasteiger partial charge in [0, 0.05) is 30.9 Å². The summed E-state index contributed by atoms with van der Waals surface area (Å²) in [6, 6.07) is 15.5. The number of imidazole rings is 1. The second-order valence-corrected chi connectivity index (χ2v) is 6.82. The van der Waals surface area contributed by atoms with E-state index in [1.807, 2.05) is 70.9 Å². The van der Waals surface area contributed by atoms with Crippen LogP contribution in [0.4, 0.5) is 0 Å². The van der Waals surface area contributed by atoms with Gasteiger partial charge in [-0.3, -0.25) is 14.8 Å². The minimum atomic E-state index is -0.209. The molecule has 3 aromatic rings. The first kappa shape index (κ1) is 19.6. The highest BCUT2D eigenvalue weighted by Crippen LogP contribution is 2.23. The van der Waals surface area contributed by atoms with Crippen LogP contribution in [-0.4, -0.2) is 28.0 Å². The number of ether oxygens (including phenoxy) is 1. The molecule has 0 unspecified atom stereocenters. The van der Waals surface area contributed by atoms with Crippen LogP contribution < -0.4 is 5.73 Å². The molecule has 0 radical (unpaired) electrons. The Kier molecular flexibility index (Phi) is 5.75. The molecule has 0 aliphatic heterocycles. The predicted molar refractivity (Wildman–Crippen MR) is 112 cm³/mol. The van der Waals surface area contributed by atoms with Crippen LogP contribution in [0.15, 0.2) is 54.7 Å². The summed E-state index contributed by atoms with van der Waals surface area (Å²) in [5.41, 5.74) is 10.2. The van der Waals surface area contributed by atoms with Crippen LogP contribution in [0.25, 0.3) is 16.9 Å². The van der Waals surface area contributed by atoms with Gasteiger partial charge in [0.05, 0.1) is 12.8 Å². The van der Waals surface area contributed by atoms with E-state index in [0.29, 0.717) is 23.2 Å². The Bertz CT molecular complexity index is 1060. The second kappa shape index (κ2) is 8.22. The van der Waals surface area contributed by atoms with Gasteiger partial charge in [-0.25, -0.2) is 0 Å². The SMILES string of the molecule is COC(=O)CCc1ccc(-c2cn(-c3ccc(C(=N)N)cc3)c(=S)n2C)cc1. The second-order valence-electron chi connectivity index (χ2n) is 6.46. The molecule has 7 heteroatoms. The summed E-state index contributed by atoms with van der Waals surface area (Å²) in [7, 11) is 3.33. The average molecular weight is 395 g/mol. The Hall–Kier alpha value is -3.19. The summed E-state index contributed by atoms with van der Waals surface area (Å²) < 4.78 is 9.24. The number of nitrogens with one attached hydrogen (secondary N) is 1. The Labute approximate surface area is 168 Å². The summed E-state index contributed by atoms with van der Waals surface area (Å²) in [4.78, 5) is 11.3. The number of benzene rings is 2. The molecule has 0 spiro atoms. The minimum Gasteiger partial charge on any atom is -0.469 e. The van der Waals surface area contributed by atoms with E-state index in [1.165, 1.54) is 7.11 Å². The van der Waals surface area contributed by atoms with E-state index in [2.05, 4.69) is 4.74 Å². The summed E-state index contributed by atoms with van der Waals surface area (Å²) in [5, 5.41) is 7.51. The monoisotopic (exact) mass is 394 g/mol. The van der Waals surface area contributed by atoms with E-state index < -0.39 is 0 Å². The molecule has 0 fully saturated rings. The third kappa shape index (κ3) is 4.04. The normalized spacial score (nSPS) is 10.6. The molecule has 0 saturated heterocycles. The van der Waals surface area contributed by atoms with Gasteiger partial charge in [-0.2, -0.15) is 0 Å². The van der Waals surface area contributed by atoms with Crippen molar-refractivity contribution in [2.45, 2.75) is 12.8 Å². The highest BCUT2D eigenvalue weighted by atomic mass is 32.1. The Morgan fingerprint density at radius 1 is 1.14 bits per heavy atom. The van der Waals surface area contributed by atoms with Crippen LogP contribution in [-0.2, 0) is 23.0 Å². The molecule has 0 atom stereocenters. The number of carbonyl (C=O) groups is 1. The number of aryl methyl sites for hydroxylation is 1. The smallest absolute Gasteiger partial charge is 0.305 e. The van der Waals surface area contributed by atoms with Crippen LogP contribution in [0.2, 0.25) is 0 Å². The maximum absolute atomic E-state index is 11.3. The van der Waals surface area contributed by atoms with Crippen molar-refractivity contribution in [3.05, 3.63) is 70.6 Å². The third-order valence-electron chi connectivity index (χ3n) is 4.66. The van der Waals surface area contributed by atoms with E-state index >= 15 is 0 Å². The molecule has 3 N–H and O–H groups in total. The number of nitrogen functional groups attached to an aromatic ring is 1. The quantitative estimate of drug-likeness (QED) is 0.289. The number of rotatable bonds is 6. The number of nitrogens with two attached hydrogens (primary N) is 1. The lowest BCUT2D eigenvalue weighted by Gasteiger charge is -2.05. The third-order valence-corrected chi connectivity index (χ3v) is 5.13. The molecule has 144 valence electrons. The van der Waals surface area contributed by atoms with E-state index in [1.54, 1.807) is 0 Å². The Balaban J connectivity index is 1.87. The van der Waals surface area contributed by atoms with Gasteiger partial charge in [0.25, 0.3) is 0 Å².